The molecule has 0 bridgehead atoms. The number of aryl methyl sites for hydroxylation is 2. The minimum absolute atomic E-state index is 0.198. The number of carbonyl (C=O) groups excluding carboxylic acids is 3. The first kappa shape index (κ1) is 19.8. The van der Waals surface area contributed by atoms with Gasteiger partial charge in [-0.2, -0.15) is 0 Å². The van der Waals surface area contributed by atoms with Gasteiger partial charge in [0.05, 0.1) is 0 Å². The monoisotopic (exact) mass is 417 g/mol. The molecule has 1 aliphatic carbocycles. The summed E-state index contributed by atoms with van der Waals surface area (Å²) >= 11 is 0. The van der Waals surface area contributed by atoms with E-state index >= 15 is 0 Å². The van der Waals surface area contributed by atoms with Gasteiger partial charge in [-0.1, -0.05) is 42.5 Å². The molecular formula is C25H27N3O3. The van der Waals surface area contributed by atoms with Gasteiger partial charge in [-0.05, 0) is 67.3 Å². The summed E-state index contributed by atoms with van der Waals surface area (Å²) in [5.74, 6) is -0.565. The minimum Gasteiger partial charge on any atom is -0.336 e. The second-order valence-corrected chi connectivity index (χ2v) is 9.02. The van der Waals surface area contributed by atoms with Crippen LogP contribution in [0.5, 0.6) is 0 Å². The first-order chi connectivity index (χ1) is 14.9. The van der Waals surface area contributed by atoms with Gasteiger partial charge in [0, 0.05) is 13.1 Å². The molecule has 1 saturated heterocycles. The zero-order valence-electron chi connectivity index (χ0n) is 18.0. The Morgan fingerprint density at radius 1 is 1.00 bits per heavy atom. The molecule has 1 N–H and O–H groups in total. The van der Waals surface area contributed by atoms with E-state index in [0.29, 0.717) is 13.1 Å². The van der Waals surface area contributed by atoms with Crippen molar-refractivity contribution in [2.24, 2.45) is 0 Å². The van der Waals surface area contributed by atoms with Gasteiger partial charge in [0.25, 0.3) is 5.91 Å². The van der Waals surface area contributed by atoms with Crippen LogP contribution in [0.1, 0.15) is 48.1 Å². The molecule has 0 spiro atoms. The Labute approximate surface area is 182 Å². The third-order valence-corrected chi connectivity index (χ3v) is 7.09. The van der Waals surface area contributed by atoms with Gasteiger partial charge in [-0.15, -0.1) is 0 Å². The van der Waals surface area contributed by atoms with Gasteiger partial charge < -0.3 is 10.2 Å². The molecule has 1 fully saturated rings. The van der Waals surface area contributed by atoms with E-state index in [9.17, 15) is 14.4 Å². The second-order valence-electron chi connectivity index (χ2n) is 9.02. The number of hydrogen-bond donors (Lipinski definition) is 1. The summed E-state index contributed by atoms with van der Waals surface area (Å²) in [6, 6.07) is 12.8. The molecule has 0 radical (unpaired) electrons. The van der Waals surface area contributed by atoms with Crippen molar-refractivity contribution in [1.82, 2.24) is 15.1 Å². The number of nitrogens with zero attached hydrogens (tertiary/aromatic N) is 2. The highest BCUT2D eigenvalue weighted by molar-refractivity contribution is 6.10. The van der Waals surface area contributed by atoms with Crippen LogP contribution >= 0.6 is 0 Å². The van der Waals surface area contributed by atoms with Crippen LogP contribution in [-0.4, -0.2) is 40.2 Å². The normalized spacial score (nSPS) is 23.4. The molecule has 2 heterocycles. The van der Waals surface area contributed by atoms with Crippen molar-refractivity contribution in [2.45, 2.75) is 57.7 Å². The molecule has 2 aliphatic heterocycles. The first-order valence-corrected chi connectivity index (χ1v) is 11.0. The predicted molar refractivity (Wildman–Crippen MR) is 116 cm³/mol. The highest BCUT2D eigenvalue weighted by atomic mass is 16.2. The number of rotatable bonds is 3. The molecule has 160 valence electrons. The number of fused-ring (bicyclic) bond motifs is 2. The highest BCUT2D eigenvalue weighted by Gasteiger charge is 2.52. The number of urea groups is 1. The fourth-order valence-electron chi connectivity index (χ4n) is 5.15. The smallest absolute Gasteiger partial charge is 0.326 e. The lowest BCUT2D eigenvalue weighted by atomic mass is 9.89. The molecule has 2 aromatic rings. The van der Waals surface area contributed by atoms with Gasteiger partial charge in [0.15, 0.2) is 0 Å². The van der Waals surface area contributed by atoms with Crippen molar-refractivity contribution in [3.05, 3.63) is 70.3 Å². The first-order valence-electron chi connectivity index (χ1n) is 11.0. The van der Waals surface area contributed by atoms with Crippen molar-refractivity contribution >= 4 is 17.8 Å². The van der Waals surface area contributed by atoms with E-state index in [1.54, 1.807) is 18.7 Å². The maximum absolute atomic E-state index is 13.4. The van der Waals surface area contributed by atoms with Crippen molar-refractivity contribution in [2.75, 3.05) is 6.54 Å². The number of hydrogen-bond acceptors (Lipinski definition) is 3. The summed E-state index contributed by atoms with van der Waals surface area (Å²) in [5.41, 5.74) is 4.55. The van der Waals surface area contributed by atoms with E-state index in [2.05, 4.69) is 17.4 Å². The van der Waals surface area contributed by atoms with Crippen molar-refractivity contribution in [3.8, 4) is 0 Å². The Bertz CT molecular complexity index is 1100. The Morgan fingerprint density at radius 2 is 1.71 bits per heavy atom. The lowest BCUT2D eigenvalue weighted by Gasteiger charge is -2.33. The Morgan fingerprint density at radius 3 is 2.52 bits per heavy atom. The molecule has 31 heavy (non-hydrogen) atoms. The predicted octanol–water partition coefficient (Wildman–Crippen LogP) is 2.92. The Kier molecular flexibility index (Phi) is 4.61. The molecule has 4 amide bonds. The van der Waals surface area contributed by atoms with E-state index in [0.717, 1.165) is 41.7 Å². The summed E-state index contributed by atoms with van der Waals surface area (Å²) in [5, 5.41) is 2.86. The molecule has 2 atom stereocenters. The number of benzene rings is 2. The molecule has 0 saturated carbocycles. The van der Waals surface area contributed by atoms with E-state index in [-0.39, 0.29) is 11.8 Å². The average Bonchev–Trinajstić information content (AvgIpc) is 3.34. The number of amides is 4. The number of nitrogens with one attached hydrogen (secondary N) is 1. The molecule has 6 heteroatoms. The van der Waals surface area contributed by atoms with E-state index in [1.807, 2.05) is 30.3 Å². The fourth-order valence-corrected chi connectivity index (χ4v) is 5.15. The number of carbonyl (C=O) groups is 3. The van der Waals surface area contributed by atoms with Crippen LogP contribution in [0, 0.1) is 0 Å². The third-order valence-electron chi connectivity index (χ3n) is 7.09. The van der Waals surface area contributed by atoms with Crippen LogP contribution in [0.25, 0.3) is 0 Å². The highest BCUT2D eigenvalue weighted by Crippen LogP contribution is 2.34. The van der Waals surface area contributed by atoms with Gasteiger partial charge in [0.1, 0.15) is 11.6 Å². The summed E-state index contributed by atoms with van der Waals surface area (Å²) in [6.45, 7) is 4.48. The molecule has 3 aliphatic rings. The standard InChI is InChI=1S/C25H27N3O3/c1-16(22(29)27-13-12-18-6-3-4-7-20(18)15-27)28-23(30)25(2,26-24(28)31)21-11-10-17-8-5-9-19(17)14-21/h3-4,6-7,10-11,14,16H,5,8-9,12-13,15H2,1-2H3,(H,26,31)/t16-,25+/m1/s1. The van der Waals surface area contributed by atoms with Gasteiger partial charge in [0.2, 0.25) is 5.91 Å². The maximum atomic E-state index is 13.4. The van der Waals surface area contributed by atoms with Crippen LogP contribution in [-0.2, 0) is 40.9 Å². The van der Waals surface area contributed by atoms with Gasteiger partial charge in [-0.3, -0.25) is 9.59 Å². The van der Waals surface area contributed by atoms with Crippen molar-refractivity contribution < 1.29 is 14.4 Å². The van der Waals surface area contributed by atoms with E-state index < -0.39 is 17.6 Å². The SMILES string of the molecule is C[C@H](C(=O)N1CCc2ccccc2C1)N1C(=O)N[C@@](C)(c2ccc3c(c2)CCC3)C1=O. The van der Waals surface area contributed by atoms with Crippen LogP contribution in [0.15, 0.2) is 42.5 Å². The molecule has 5 rings (SSSR count). The largest absolute Gasteiger partial charge is 0.336 e. The van der Waals surface area contributed by atoms with Crippen LogP contribution < -0.4 is 5.32 Å². The zero-order chi connectivity index (χ0) is 21.8. The third kappa shape index (κ3) is 3.12. The maximum Gasteiger partial charge on any atom is 0.326 e. The summed E-state index contributed by atoms with van der Waals surface area (Å²) in [6.07, 6.45) is 3.95. The van der Waals surface area contributed by atoms with Gasteiger partial charge in [-0.25, -0.2) is 9.69 Å². The van der Waals surface area contributed by atoms with Crippen LogP contribution in [0.3, 0.4) is 0 Å². The van der Waals surface area contributed by atoms with E-state index in [1.165, 1.54) is 16.7 Å². The quantitative estimate of drug-likeness (QED) is 0.781. The Balaban J connectivity index is 1.37. The lowest BCUT2D eigenvalue weighted by molar-refractivity contribution is -0.143. The summed E-state index contributed by atoms with van der Waals surface area (Å²) in [4.78, 5) is 42.4. The molecule has 0 aromatic heterocycles. The molecular weight excluding hydrogens is 390 g/mol. The van der Waals surface area contributed by atoms with Crippen molar-refractivity contribution in [3.63, 3.8) is 0 Å². The van der Waals surface area contributed by atoms with E-state index in [4.69, 9.17) is 0 Å². The fraction of sp³-hybridized carbons (Fsp3) is 0.400. The van der Waals surface area contributed by atoms with Crippen molar-refractivity contribution in [1.29, 1.82) is 0 Å². The summed E-state index contributed by atoms with van der Waals surface area (Å²) < 4.78 is 0. The zero-order valence-corrected chi connectivity index (χ0v) is 18.0. The molecule has 6 nitrogen and oxygen atoms in total. The van der Waals surface area contributed by atoms with Crippen LogP contribution in [0.2, 0.25) is 0 Å². The van der Waals surface area contributed by atoms with Gasteiger partial charge >= 0.3 is 6.03 Å². The molecule has 2 aromatic carbocycles. The molecule has 0 unspecified atom stereocenters. The van der Waals surface area contributed by atoms with Crippen LogP contribution in [0.4, 0.5) is 4.79 Å². The summed E-state index contributed by atoms with van der Waals surface area (Å²) in [7, 11) is 0. The Hall–Kier alpha value is -3.15. The topological polar surface area (TPSA) is 69.7 Å². The second kappa shape index (κ2) is 7.22. The lowest BCUT2D eigenvalue weighted by Crippen LogP contribution is -2.51. The minimum atomic E-state index is -1.16. The average molecular weight is 418 g/mol. The number of imide groups is 1.